The Kier molecular flexibility index (Phi) is 4.06. The van der Waals surface area contributed by atoms with Crippen molar-refractivity contribution in [2.45, 2.75) is 25.8 Å². The molecule has 1 aliphatic rings. The highest BCUT2D eigenvalue weighted by Gasteiger charge is 2.19. The molecule has 0 unspecified atom stereocenters. The van der Waals surface area contributed by atoms with E-state index in [0.717, 1.165) is 13.0 Å². The second-order valence-corrected chi connectivity index (χ2v) is 5.80. The first-order valence-electron chi connectivity index (χ1n) is 7.26. The molecule has 1 saturated heterocycles. The highest BCUT2D eigenvalue weighted by atomic mass is 32.1. The van der Waals surface area contributed by atoms with Crippen LogP contribution in [0.1, 0.15) is 19.3 Å². The average Bonchev–Trinajstić information content (AvgIpc) is 2.89. The minimum absolute atomic E-state index is 0.165. The molecule has 1 N–H and O–H groups in total. The zero-order valence-electron chi connectivity index (χ0n) is 12.0. The Morgan fingerprint density at radius 3 is 2.82 bits per heavy atom. The summed E-state index contributed by atoms with van der Waals surface area (Å²) in [6.45, 7) is 1.80. The maximum atomic E-state index is 13.3. The quantitative estimate of drug-likeness (QED) is 0.879. The van der Waals surface area contributed by atoms with Gasteiger partial charge in [-0.3, -0.25) is 14.2 Å². The summed E-state index contributed by atoms with van der Waals surface area (Å²) >= 11 is 5.20. The number of likely N-dealkylation sites (tertiary alicyclic amines) is 1. The third-order valence-electron chi connectivity index (χ3n) is 3.93. The molecule has 1 aromatic heterocycles. The average molecular weight is 321 g/mol. The van der Waals surface area contributed by atoms with Crippen LogP contribution in [0.3, 0.4) is 0 Å². The van der Waals surface area contributed by atoms with E-state index in [0.29, 0.717) is 36.2 Å². The van der Waals surface area contributed by atoms with Crippen molar-refractivity contribution < 1.29 is 9.18 Å². The molecule has 116 valence electrons. The fourth-order valence-electron chi connectivity index (χ4n) is 2.79. The topological polar surface area (TPSA) is 58.1 Å². The van der Waals surface area contributed by atoms with Crippen LogP contribution in [-0.4, -0.2) is 33.4 Å². The van der Waals surface area contributed by atoms with Crippen molar-refractivity contribution in [3.63, 3.8) is 0 Å². The normalized spacial score (nSPS) is 15.0. The molecule has 5 nitrogen and oxygen atoms in total. The van der Waals surface area contributed by atoms with Gasteiger partial charge in [-0.15, -0.1) is 0 Å². The lowest BCUT2D eigenvalue weighted by molar-refractivity contribution is -0.127. The number of H-pyrrole nitrogens is 1. The third kappa shape index (κ3) is 2.81. The van der Waals surface area contributed by atoms with Crippen molar-refractivity contribution in [1.29, 1.82) is 0 Å². The van der Waals surface area contributed by atoms with Crippen molar-refractivity contribution in [3.8, 4) is 0 Å². The number of nitrogens with zero attached hydrogens (tertiary/aromatic N) is 2. The Balaban J connectivity index is 1.82. The van der Waals surface area contributed by atoms with Gasteiger partial charge in [-0.1, -0.05) is 0 Å². The van der Waals surface area contributed by atoms with Gasteiger partial charge in [-0.05, 0) is 43.3 Å². The summed E-state index contributed by atoms with van der Waals surface area (Å²) in [5.41, 5.74) is 0.230. The van der Waals surface area contributed by atoms with Crippen molar-refractivity contribution in [2.75, 3.05) is 13.1 Å². The van der Waals surface area contributed by atoms with Crippen LogP contribution in [0.25, 0.3) is 10.9 Å². The third-order valence-corrected chi connectivity index (χ3v) is 4.25. The summed E-state index contributed by atoms with van der Waals surface area (Å²) in [7, 11) is 0. The molecular formula is C15H16FN3O2S. The number of amides is 1. The second-order valence-electron chi connectivity index (χ2n) is 5.41. The Morgan fingerprint density at radius 2 is 2.09 bits per heavy atom. The molecular weight excluding hydrogens is 305 g/mol. The lowest BCUT2D eigenvalue weighted by atomic mass is 10.2. The zero-order valence-corrected chi connectivity index (χ0v) is 12.8. The van der Waals surface area contributed by atoms with E-state index in [1.54, 1.807) is 4.90 Å². The summed E-state index contributed by atoms with van der Waals surface area (Å²) < 4.78 is 15.1. The first kappa shape index (κ1) is 14.9. The van der Waals surface area contributed by atoms with Gasteiger partial charge < -0.3 is 9.88 Å². The Labute approximate surface area is 131 Å². The van der Waals surface area contributed by atoms with E-state index >= 15 is 0 Å². The van der Waals surface area contributed by atoms with Gasteiger partial charge in [0, 0.05) is 26.1 Å². The minimum atomic E-state index is -0.454. The second kappa shape index (κ2) is 6.00. The molecule has 7 heteroatoms. The lowest BCUT2D eigenvalue weighted by Crippen LogP contribution is -2.28. The van der Waals surface area contributed by atoms with Crippen LogP contribution in [-0.2, 0) is 11.3 Å². The summed E-state index contributed by atoms with van der Waals surface area (Å²) in [6, 6.07) is 4.01. The fourth-order valence-corrected chi connectivity index (χ4v) is 3.07. The van der Waals surface area contributed by atoms with Crippen LogP contribution in [0.5, 0.6) is 0 Å². The molecule has 0 atom stereocenters. The SMILES string of the molecule is O=C1CCCN1CCCn1c(=S)[nH]c2ccc(F)cc2c1=O. The molecule has 2 heterocycles. The van der Waals surface area contributed by atoms with E-state index in [1.165, 1.54) is 22.8 Å². The lowest BCUT2D eigenvalue weighted by Gasteiger charge is -2.15. The van der Waals surface area contributed by atoms with Crippen LogP contribution in [0.15, 0.2) is 23.0 Å². The predicted molar refractivity (Wildman–Crippen MR) is 83.8 cm³/mol. The Hall–Kier alpha value is -2.02. The van der Waals surface area contributed by atoms with Crippen molar-refractivity contribution in [2.24, 2.45) is 0 Å². The van der Waals surface area contributed by atoms with Gasteiger partial charge in [-0.2, -0.15) is 0 Å². The molecule has 1 amide bonds. The van der Waals surface area contributed by atoms with E-state index in [1.807, 2.05) is 0 Å². The van der Waals surface area contributed by atoms with Crippen molar-refractivity contribution in [1.82, 2.24) is 14.5 Å². The summed E-state index contributed by atoms with van der Waals surface area (Å²) in [5, 5.41) is 0.283. The number of fused-ring (bicyclic) bond motifs is 1. The summed E-state index contributed by atoms with van der Waals surface area (Å²) in [6.07, 6.45) is 2.15. The summed E-state index contributed by atoms with van der Waals surface area (Å²) in [4.78, 5) is 28.7. The van der Waals surface area contributed by atoms with E-state index in [4.69, 9.17) is 12.2 Å². The monoisotopic (exact) mass is 321 g/mol. The molecule has 2 aromatic rings. The number of aromatic amines is 1. The number of rotatable bonds is 4. The molecule has 1 aliphatic heterocycles. The number of carbonyl (C=O) groups excluding carboxylic acids is 1. The molecule has 22 heavy (non-hydrogen) atoms. The number of benzene rings is 1. The molecule has 0 radical (unpaired) electrons. The number of hydrogen-bond donors (Lipinski definition) is 1. The molecule has 1 aromatic carbocycles. The van der Waals surface area contributed by atoms with Gasteiger partial charge in [0.05, 0.1) is 10.9 Å². The van der Waals surface area contributed by atoms with E-state index in [9.17, 15) is 14.0 Å². The smallest absolute Gasteiger partial charge is 0.262 e. The van der Waals surface area contributed by atoms with Crippen LogP contribution in [0.2, 0.25) is 0 Å². The number of carbonyl (C=O) groups is 1. The number of aromatic nitrogens is 2. The minimum Gasteiger partial charge on any atom is -0.343 e. The molecule has 0 aliphatic carbocycles. The molecule has 0 spiro atoms. The van der Waals surface area contributed by atoms with E-state index in [-0.39, 0.29) is 16.9 Å². The van der Waals surface area contributed by atoms with Gasteiger partial charge >= 0.3 is 0 Å². The van der Waals surface area contributed by atoms with Crippen LogP contribution < -0.4 is 5.56 Å². The first-order chi connectivity index (χ1) is 10.6. The maximum absolute atomic E-state index is 13.3. The first-order valence-corrected chi connectivity index (χ1v) is 7.67. The van der Waals surface area contributed by atoms with Crippen LogP contribution in [0, 0.1) is 10.6 Å². The van der Waals surface area contributed by atoms with Crippen LogP contribution >= 0.6 is 12.2 Å². The highest BCUT2D eigenvalue weighted by molar-refractivity contribution is 7.71. The number of halogens is 1. The zero-order chi connectivity index (χ0) is 15.7. The van der Waals surface area contributed by atoms with Gasteiger partial charge in [0.25, 0.3) is 5.56 Å². The summed E-state index contributed by atoms with van der Waals surface area (Å²) in [5.74, 6) is -0.289. The standard InChI is InChI=1S/C15H16FN3O2S/c16-10-4-5-12-11(9-10)14(21)19(15(22)17-12)8-2-7-18-6-1-3-13(18)20/h4-5,9H,1-3,6-8H2,(H,17,22). The molecule has 1 fully saturated rings. The van der Waals surface area contributed by atoms with Gasteiger partial charge in [0.15, 0.2) is 4.77 Å². The number of hydrogen-bond acceptors (Lipinski definition) is 3. The van der Waals surface area contributed by atoms with E-state index in [2.05, 4.69) is 4.98 Å². The largest absolute Gasteiger partial charge is 0.343 e. The number of nitrogens with one attached hydrogen (secondary N) is 1. The highest BCUT2D eigenvalue weighted by Crippen LogP contribution is 2.11. The molecule has 0 saturated carbocycles. The van der Waals surface area contributed by atoms with Crippen molar-refractivity contribution in [3.05, 3.63) is 39.1 Å². The maximum Gasteiger partial charge on any atom is 0.262 e. The van der Waals surface area contributed by atoms with E-state index < -0.39 is 5.82 Å². The van der Waals surface area contributed by atoms with Gasteiger partial charge in [0.2, 0.25) is 5.91 Å². The molecule has 3 rings (SSSR count). The van der Waals surface area contributed by atoms with Crippen LogP contribution in [0.4, 0.5) is 4.39 Å². The fraction of sp³-hybridized carbons (Fsp3) is 0.400. The molecule has 0 bridgehead atoms. The predicted octanol–water partition coefficient (Wildman–Crippen LogP) is 2.21. The Bertz CT molecular complexity index is 843. The van der Waals surface area contributed by atoms with Gasteiger partial charge in [0.1, 0.15) is 5.82 Å². The van der Waals surface area contributed by atoms with Crippen molar-refractivity contribution >= 4 is 29.0 Å². The Morgan fingerprint density at radius 1 is 1.27 bits per heavy atom. The van der Waals surface area contributed by atoms with Gasteiger partial charge in [-0.25, -0.2) is 4.39 Å².